The van der Waals surface area contributed by atoms with Crippen molar-refractivity contribution < 1.29 is 14.6 Å². The first kappa shape index (κ1) is 20.7. The first-order chi connectivity index (χ1) is 11.2. The van der Waals surface area contributed by atoms with Gasteiger partial charge in [0.15, 0.2) is 0 Å². The molecule has 24 heavy (non-hydrogen) atoms. The maximum Gasteiger partial charge on any atom is 0.330 e. The van der Waals surface area contributed by atoms with Gasteiger partial charge < -0.3 is 14.7 Å². The van der Waals surface area contributed by atoms with Crippen LogP contribution in [-0.4, -0.2) is 42.7 Å². The van der Waals surface area contributed by atoms with Crippen LogP contribution in [0, 0.1) is 0 Å². The lowest BCUT2D eigenvalue weighted by molar-refractivity contribution is -0.119. The van der Waals surface area contributed by atoms with E-state index >= 15 is 0 Å². The zero-order chi connectivity index (χ0) is 18.4. The molecule has 0 bridgehead atoms. The zero-order valence-corrected chi connectivity index (χ0v) is 15.9. The van der Waals surface area contributed by atoms with Gasteiger partial charge in [0.1, 0.15) is 5.78 Å². The predicted molar refractivity (Wildman–Crippen MR) is 101 cm³/mol. The fraction of sp³-hybridized carbons (Fsp3) is 0.632. The fourth-order valence-corrected chi connectivity index (χ4v) is 2.14. The highest BCUT2D eigenvalue weighted by atomic mass is 16.5. The fourth-order valence-electron chi connectivity index (χ4n) is 2.14. The summed E-state index contributed by atoms with van der Waals surface area (Å²) in [5.41, 5.74) is 0.489. The van der Waals surface area contributed by atoms with Crippen molar-refractivity contribution in [2.45, 2.75) is 65.6 Å². The van der Waals surface area contributed by atoms with Crippen molar-refractivity contribution in [3.8, 4) is 0 Å². The summed E-state index contributed by atoms with van der Waals surface area (Å²) in [7, 11) is 1.68. The molecule has 1 aliphatic rings. The largest absolute Gasteiger partial charge is 0.427 e. The minimum atomic E-state index is -0.927. The van der Waals surface area contributed by atoms with Gasteiger partial charge >= 0.3 is 7.48 Å². The molecule has 1 heterocycles. The Hall–Kier alpha value is -1.33. The van der Waals surface area contributed by atoms with Crippen LogP contribution in [0.25, 0.3) is 0 Å². The first-order valence-corrected chi connectivity index (χ1v) is 8.79. The Kier molecular flexibility index (Phi) is 7.49. The van der Waals surface area contributed by atoms with Gasteiger partial charge in [0, 0.05) is 31.6 Å². The highest BCUT2D eigenvalue weighted by molar-refractivity contribution is 6.47. The summed E-state index contributed by atoms with van der Waals surface area (Å²) in [6.07, 6.45) is 1.27. The van der Waals surface area contributed by atoms with Crippen LogP contribution in [0.4, 0.5) is 5.69 Å². The van der Waals surface area contributed by atoms with Crippen LogP contribution >= 0.6 is 0 Å². The molecule has 0 aliphatic carbocycles. The maximum atomic E-state index is 11.3. The van der Waals surface area contributed by atoms with E-state index < -0.39 is 11.2 Å². The SMILES string of the molecule is CC.CC(C)(O)C(C)(C)O[B]c1ccc(N2CCC(=O)CC2)cc1. The third kappa shape index (κ3) is 5.64. The van der Waals surface area contributed by atoms with E-state index in [2.05, 4.69) is 4.90 Å². The quantitative estimate of drug-likeness (QED) is 0.843. The number of hydrogen-bond acceptors (Lipinski definition) is 4. The number of carbonyl (C=O) groups is 1. The third-order valence-electron chi connectivity index (χ3n) is 4.54. The number of piperidine rings is 1. The lowest BCUT2D eigenvalue weighted by atomic mass is 9.82. The molecule has 1 radical (unpaired) electrons. The molecule has 0 unspecified atom stereocenters. The Morgan fingerprint density at radius 1 is 1.04 bits per heavy atom. The van der Waals surface area contributed by atoms with E-state index in [1.54, 1.807) is 21.3 Å². The Morgan fingerprint density at radius 2 is 1.54 bits per heavy atom. The minimum Gasteiger partial charge on any atom is -0.427 e. The van der Waals surface area contributed by atoms with Crippen LogP contribution in [0.1, 0.15) is 54.4 Å². The van der Waals surface area contributed by atoms with Gasteiger partial charge in [-0.3, -0.25) is 4.79 Å². The minimum absolute atomic E-state index is 0.350. The number of rotatable bonds is 5. The molecule has 1 N–H and O–H groups in total. The lowest BCUT2D eigenvalue weighted by Crippen LogP contribution is -2.49. The van der Waals surface area contributed by atoms with E-state index in [1.807, 2.05) is 52.0 Å². The van der Waals surface area contributed by atoms with Gasteiger partial charge in [-0.25, -0.2) is 0 Å². The van der Waals surface area contributed by atoms with Crippen molar-refractivity contribution in [2.24, 2.45) is 0 Å². The molecule has 1 aromatic rings. The van der Waals surface area contributed by atoms with Gasteiger partial charge in [-0.05, 0) is 39.8 Å². The van der Waals surface area contributed by atoms with E-state index in [-0.39, 0.29) is 0 Å². The molecule has 1 fully saturated rings. The second-order valence-corrected chi connectivity index (χ2v) is 6.92. The third-order valence-corrected chi connectivity index (χ3v) is 4.54. The molecule has 2 rings (SSSR count). The van der Waals surface area contributed by atoms with Crippen LogP contribution in [0.2, 0.25) is 0 Å². The topological polar surface area (TPSA) is 49.8 Å². The monoisotopic (exact) mass is 332 g/mol. The van der Waals surface area contributed by atoms with Gasteiger partial charge in [-0.15, -0.1) is 0 Å². The Labute approximate surface area is 147 Å². The molecule has 0 aromatic heterocycles. The van der Waals surface area contributed by atoms with Gasteiger partial charge in [-0.2, -0.15) is 0 Å². The molecule has 1 aliphatic heterocycles. The molecule has 1 saturated heterocycles. The summed E-state index contributed by atoms with van der Waals surface area (Å²) >= 11 is 0. The summed E-state index contributed by atoms with van der Waals surface area (Å²) in [4.78, 5) is 13.5. The molecule has 133 valence electrons. The Morgan fingerprint density at radius 3 is 2.00 bits per heavy atom. The van der Waals surface area contributed by atoms with Crippen molar-refractivity contribution in [2.75, 3.05) is 18.0 Å². The van der Waals surface area contributed by atoms with Gasteiger partial charge in [0.25, 0.3) is 0 Å². The number of carbonyl (C=O) groups excluding carboxylic acids is 1. The molecule has 1 aromatic carbocycles. The number of anilines is 1. The standard InChI is InChI=1S/C17H25BNO3.C2H6/c1-16(2,21)17(3,4)22-18-13-5-7-14(8-6-13)19-11-9-15(20)10-12-19;1-2/h5-8,21H,9-12H2,1-4H3;1-2H3. The highest BCUT2D eigenvalue weighted by Gasteiger charge is 2.35. The van der Waals surface area contributed by atoms with E-state index in [4.69, 9.17) is 4.65 Å². The summed E-state index contributed by atoms with van der Waals surface area (Å²) < 4.78 is 5.75. The summed E-state index contributed by atoms with van der Waals surface area (Å²) in [6, 6.07) is 8.07. The van der Waals surface area contributed by atoms with E-state index in [0.29, 0.717) is 18.6 Å². The summed E-state index contributed by atoms with van der Waals surface area (Å²) in [5, 5.41) is 10.1. The number of aliphatic hydroxyl groups is 1. The van der Waals surface area contributed by atoms with Crippen LogP contribution in [0.3, 0.4) is 0 Å². The molecule has 4 nitrogen and oxygen atoms in total. The number of benzene rings is 1. The summed E-state index contributed by atoms with van der Waals surface area (Å²) in [5.74, 6) is 0.350. The zero-order valence-electron chi connectivity index (χ0n) is 15.9. The average molecular weight is 332 g/mol. The lowest BCUT2D eigenvalue weighted by Gasteiger charge is -2.37. The number of ketones is 1. The highest BCUT2D eigenvalue weighted by Crippen LogP contribution is 2.24. The second-order valence-electron chi connectivity index (χ2n) is 6.92. The van der Waals surface area contributed by atoms with E-state index in [1.165, 1.54) is 0 Å². The molecule has 5 heteroatoms. The Balaban J connectivity index is 0.00000139. The molecule has 0 saturated carbocycles. The normalized spacial score (nSPS) is 15.6. The molecule has 0 atom stereocenters. The maximum absolute atomic E-state index is 11.3. The van der Waals surface area contributed by atoms with Crippen LogP contribution in [0.5, 0.6) is 0 Å². The molecular weight excluding hydrogens is 301 g/mol. The van der Waals surface area contributed by atoms with E-state index in [0.717, 1.165) is 24.2 Å². The van der Waals surface area contributed by atoms with Crippen LogP contribution in [-0.2, 0) is 9.45 Å². The van der Waals surface area contributed by atoms with Crippen molar-refractivity contribution >= 4 is 24.4 Å². The molecule has 0 amide bonds. The van der Waals surface area contributed by atoms with Crippen molar-refractivity contribution in [3.63, 3.8) is 0 Å². The van der Waals surface area contributed by atoms with Crippen LogP contribution < -0.4 is 10.4 Å². The summed E-state index contributed by atoms with van der Waals surface area (Å²) in [6.45, 7) is 12.8. The number of hydrogen-bond donors (Lipinski definition) is 1. The molecule has 0 spiro atoms. The average Bonchev–Trinajstić information content (AvgIpc) is 2.55. The van der Waals surface area contributed by atoms with Gasteiger partial charge in [-0.1, -0.05) is 31.4 Å². The van der Waals surface area contributed by atoms with Gasteiger partial charge in [0.2, 0.25) is 0 Å². The van der Waals surface area contributed by atoms with Crippen molar-refractivity contribution in [1.29, 1.82) is 0 Å². The number of nitrogens with zero attached hydrogens (tertiary/aromatic N) is 1. The van der Waals surface area contributed by atoms with Crippen molar-refractivity contribution in [3.05, 3.63) is 24.3 Å². The van der Waals surface area contributed by atoms with Gasteiger partial charge in [0.05, 0.1) is 11.2 Å². The van der Waals surface area contributed by atoms with Crippen molar-refractivity contribution in [1.82, 2.24) is 0 Å². The second kappa shape index (κ2) is 8.68. The Bertz CT molecular complexity index is 510. The first-order valence-electron chi connectivity index (χ1n) is 8.79. The van der Waals surface area contributed by atoms with Crippen LogP contribution in [0.15, 0.2) is 24.3 Å². The predicted octanol–water partition coefficient (Wildman–Crippen LogP) is 2.69. The molecular formula is C19H31BNO3. The smallest absolute Gasteiger partial charge is 0.330 e. The number of Topliss-reactive ketones (excluding diaryl/α,β-unsaturated/α-hetero) is 1. The van der Waals surface area contributed by atoms with E-state index in [9.17, 15) is 9.90 Å².